The Labute approximate surface area is 95.6 Å². The normalized spacial score (nSPS) is 13.1. The quantitative estimate of drug-likeness (QED) is 0.755. The zero-order chi connectivity index (χ0) is 12.0. The zero-order valence-electron chi connectivity index (χ0n) is 9.87. The molecule has 0 saturated heterocycles. The van der Waals surface area contributed by atoms with Gasteiger partial charge in [0.05, 0.1) is 0 Å². The summed E-state index contributed by atoms with van der Waals surface area (Å²) in [5.74, 6) is -0.221. The molecule has 4 heteroatoms. The molecule has 0 fully saturated rings. The summed E-state index contributed by atoms with van der Waals surface area (Å²) >= 11 is 0. The van der Waals surface area contributed by atoms with E-state index >= 15 is 0 Å². The average Bonchev–Trinajstić information content (AvgIpc) is 2.30. The molecule has 16 heavy (non-hydrogen) atoms. The van der Waals surface area contributed by atoms with Crippen LogP contribution in [0.15, 0.2) is 24.3 Å². The number of hydrogen-bond acceptors (Lipinski definition) is 3. The SMILES string of the molecule is COC(CN[C@H](C)c1cccc(F)c1)OC. The number of ether oxygens (including phenoxy) is 2. The highest BCUT2D eigenvalue weighted by Crippen LogP contribution is 2.13. The molecule has 0 aliphatic rings. The van der Waals surface area contributed by atoms with E-state index in [1.807, 2.05) is 13.0 Å². The van der Waals surface area contributed by atoms with Crippen molar-refractivity contribution in [3.63, 3.8) is 0 Å². The minimum absolute atomic E-state index is 0.0588. The van der Waals surface area contributed by atoms with Crippen LogP contribution in [0.1, 0.15) is 18.5 Å². The van der Waals surface area contributed by atoms with Crippen LogP contribution in [0.25, 0.3) is 0 Å². The molecule has 1 aromatic carbocycles. The summed E-state index contributed by atoms with van der Waals surface area (Å²) in [4.78, 5) is 0. The Bertz CT molecular complexity index is 316. The predicted molar refractivity (Wildman–Crippen MR) is 60.6 cm³/mol. The summed E-state index contributed by atoms with van der Waals surface area (Å²) in [6, 6.07) is 6.60. The number of nitrogens with one attached hydrogen (secondary N) is 1. The first kappa shape index (κ1) is 13.1. The van der Waals surface area contributed by atoms with Gasteiger partial charge in [0.25, 0.3) is 0 Å². The lowest BCUT2D eigenvalue weighted by atomic mass is 10.1. The zero-order valence-corrected chi connectivity index (χ0v) is 9.87. The van der Waals surface area contributed by atoms with Crippen molar-refractivity contribution in [1.82, 2.24) is 5.32 Å². The van der Waals surface area contributed by atoms with Crippen molar-refractivity contribution in [2.24, 2.45) is 0 Å². The van der Waals surface area contributed by atoms with Crippen molar-refractivity contribution < 1.29 is 13.9 Å². The van der Waals surface area contributed by atoms with Crippen LogP contribution in [0.5, 0.6) is 0 Å². The lowest BCUT2D eigenvalue weighted by Crippen LogP contribution is -2.31. The molecule has 3 nitrogen and oxygen atoms in total. The van der Waals surface area contributed by atoms with Crippen LogP contribution in [-0.4, -0.2) is 27.1 Å². The Morgan fingerprint density at radius 2 is 2.00 bits per heavy atom. The van der Waals surface area contributed by atoms with E-state index < -0.39 is 0 Å². The van der Waals surface area contributed by atoms with Crippen molar-refractivity contribution in [2.75, 3.05) is 20.8 Å². The first-order valence-electron chi connectivity index (χ1n) is 5.21. The molecule has 0 bridgehead atoms. The van der Waals surface area contributed by atoms with Crippen molar-refractivity contribution in [3.05, 3.63) is 35.6 Å². The Kier molecular flexibility index (Phi) is 5.38. The van der Waals surface area contributed by atoms with Gasteiger partial charge in [0.15, 0.2) is 6.29 Å². The van der Waals surface area contributed by atoms with Crippen LogP contribution >= 0.6 is 0 Å². The van der Waals surface area contributed by atoms with Gasteiger partial charge in [0, 0.05) is 26.8 Å². The van der Waals surface area contributed by atoms with E-state index in [9.17, 15) is 4.39 Å². The summed E-state index contributed by atoms with van der Waals surface area (Å²) in [6.45, 7) is 2.53. The monoisotopic (exact) mass is 227 g/mol. The number of benzene rings is 1. The van der Waals surface area contributed by atoms with Gasteiger partial charge in [-0.25, -0.2) is 4.39 Å². The molecular formula is C12H18FNO2. The second kappa shape index (κ2) is 6.58. The fourth-order valence-corrected chi connectivity index (χ4v) is 1.43. The van der Waals surface area contributed by atoms with Crippen molar-refractivity contribution in [1.29, 1.82) is 0 Å². The van der Waals surface area contributed by atoms with Gasteiger partial charge >= 0.3 is 0 Å². The molecule has 0 heterocycles. The molecule has 0 aliphatic heterocycles. The highest BCUT2D eigenvalue weighted by atomic mass is 19.1. The summed E-state index contributed by atoms with van der Waals surface area (Å²) in [5, 5.41) is 3.21. The summed E-state index contributed by atoms with van der Waals surface area (Å²) in [6.07, 6.45) is -0.281. The van der Waals surface area contributed by atoms with E-state index in [1.54, 1.807) is 20.3 Å². The average molecular weight is 227 g/mol. The lowest BCUT2D eigenvalue weighted by Gasteiger charge is -2.18. The first-order chi connectivity index (χ1) is 7.67. The number of halogens is 1. The second-order valence-corrected chi connectivity index (χ2v) is 3.59. The predicted octanol–water partition coefficient (Wildman–Crippen LogP) is 2.10. The molecule has 1 aromatic rings. The van der Waals surface area contributed by atoms with Crippen LogP contribution in [-0.2, 0) is 9.47 Å². The van der Waals surface area contributed by atoms with Crippen molar-refractivity contribution >= 4 is 0 Å². The topological polar surface area (TPSA) is 30.5 Å². The summed E-state index contributed by atoms with van der Waals surface area (Å²) < 4.78 is 23.1. The van der Waals surface area contributed by atoms with Crippen LogP contribution in [0.4, 0.5) is 4.39 Å². The van der Waals surface area contributed by atoms with Gasteiger partial charge in [-0.1, -0.05) is 12.1 Å². The Balaban J connectivity index is 2.49. The molecule has 0 unspecified atom stereocenters. The molecule has 1 atom stereocenters. The lowest BCUT2D eigenvalue weighted by molar-refractivity contribution is -0.0997. The third-order valence-corrected chi connectivity index (χ3v) is 2.47. The van der Waals surface area contributed by atoms with E-state index in [0.29, 0.717) is 6.54 Å². The Morgan fingerprint density at radius 3 is 2.56 bits per heavy atom. The maximum absolute atomic E-state index is 13.0. The molecule has 0 radical (unpaired) electrons. The smallest absolute Gasteiger partial charge is 0.169 e. The highest BCUT2D eigenvalue weighted by Gasteiger charge is 2.09. The largest absolute Gasteiger partial charge is 0.355 e. The standard InChI is InChI=1S/C12H18FNO2/c1-9(14-8-12(15-2)16-3)10-5-4-6-11(13)7-10/h4-7,9,12,14H,8H2,1-3H3/t9-/m1/s1. The van der Waals surface area contributed by atoms with Gasteiger partial charge in [-0.15, -0.1) is 0 Å². The fraction of sp³-hybridized carbons (Fsp3) is 0.500. The van der Waals surface area contributed by atoms with E-state index in [4.69, 9.17) is 9.47 Å². The molecule has 0 saturated carbocycles. The summed E-state index contributed by atoms with van der Waals surface area (Å²) in [7, 11) is 3.17. The van der Waals surface area contributed by atoms with Gasteiger partial charge in [0.2, 0.25) is 0 Å². The fourth-order valence-electron chi connectivity index (χ4n) is 1.43. The van der Waals surface area contributed by atoms with Gasteiger partial charge in [0.1, 0.15) is 5.82 Å². The van der Waals surface area contributed by atoms with Crippen LogP contribution < -0.4 is 5.32 Å². The van der Waals surface area contributed by atoms with Crippen molar-refractivity contribution in [2.45, 2.75) is 19.3 Å². The van der Waals surface area contributed by atoms with E-state index in [0.717, 1.165) is 5.56 Å². The third kappa shape index (κ3) is 3.89. The van der Waals surface area contributed by atoms with Crippen LogP contribution in [0, 0.1) is 5.82 Å². The maximum atomic E-state index is 13.0. The molecule has 0 amide bonds. The first-order valence-corrected chi connectivity index (χ1v) is 5.21. The van der Waals surface area contributed by atoms with Crippen LogP contribution in [0.2, 0.25) is 0 Å². The van der Waals surface area contributed by atoms with E-state index in [1.165, 1.54) is 12.1 Å². The van der Waals surface area contributed by atoms with Gasteiger partial charge in [-0.3, -0.25) is 0 Å². The molecule has 0 aliphatic carbocycles. The van der Waals surface area contributed by atoms with E-state index in [2.05, 4.69) is 5.32 Å². The number of hydrogen-bond donors (Lipinski definition) is 1. The molecular weight excluding hydrogens is 209 g/mol. The minimum Gasteiger partial charge on any atom is -0.355 e. The van der Waals surface area contributed by atoms with Gasteiger partial charge in [-0.05, 0) is 24.6 Å². The maximum Gasteiger partial charge on any atom is 0.169 e. The third-order valence-electron chi connectivity index (χ3n) is 2.47. The molecule has 90 valence electrons. The molecule has 1 N–H and O–H groups in total. The highest BCUT2D eigenvalue weighted by molar-refractivity contribution is 5.19. The Morgan fingerprint density at radius 1 is 1.31 bits per heavy atom. The number of methoxy groups -OCH3 is 2. The molecule has 1 rings (SSSR count). The van der Waals surface area contributed by atoms with Gasteiger partial charge < -0.3 is 14.8 Å². The Hall–Kier alpha value is -0.970. The van der Waals surface area contributed by atoms with Crippen molar-refractivity contribution in [3.8, 4) is 0 Å². The minimum atomic E-state index is -0.281. The van der Waals surface area contributed by atoms with Crippen LogP contribution in [0.3, 0.4) is 0 Å². The van der Waals surface area contributed by atoms with Gasteiger partial charge in [-0.2, -0.15) is 0 Å². The van der Waals surface area contributed by atoms with E-state index in [-0.39, 0.29) is 18.1 Å². The summed E-state index contributed by atoms with van der Waals surface area (Å²) in [5.41, 5.74) is 0.908. The number of rotatable bonds is 6. The molecule has 0 aromatic heterocycles. The molecule has 0 spiro atoms. The second-order valence-electron chi connectivity index (χ2n) is 3.59.